The second-order valence-corrected chi connectivity index (χ2v) is 5.01. The Hall–Kier alpha value is -3.09. The lowest BCUT2D eigenvalue weighted by atomic mass is 10.2. The molecule has 0 aliphatic rings. The summed E-state index contributed by atoms with van der Waals surface area (Å²) < 4.78 is 30.7. The molecule has 2 aromatic heterocycles. The quantitative estimate of drug-likeness (QED) is 0.650. The molecule has 3 aromatic rings. The highest BCUT2D eigenvalue weighted by Crippen LogP contribution is 2.18. The van der Waals surface area contributed by atoms with E-state index in [9.17, 15) is 9.18 Å². The summed E-state index contributed by atoms with van der Waals surface area (Å²) in [5.41, 5.74) is 0.518. The minimum absolute atomic E-state index is 0.0606. The minimum Gasteiger partial charge on any atom is -0.494 e. The fourth-order valence-corrected chi connectivity index (χ4v) is 2.15. The van der Waals surface area contributed by atoms with Gasteiger partial charge in [-0.1, -0.05) is 6.07 Å². The number of esters is 1. The van der Waals surface area contributed by atoms with E-state index >= 15 is 0 Å². The number of nitrogens with zero attached hydrogens (tertiary/aromatic N) is 2. The maximum absolute atomic E-state index is 13.6. The summed E-state index contributed by atoms with van der Waals surface area (Å²) in [6.07, 6.45) is 3.45. The summed E-state index contributed by atoms with van der Waals surface area (Å²) in [6, 6.07) is 9.39. The van der Waals surface area contributed by atoms with Crippen molar-refractivity contribution in [2.24, 2.45) is 0 Å². The standard InChI is InChI=1S/C17H15FN2O4/c1-22-15-5-3-12(9-14(15)18)11-23-17(21)16-6-4-13(24-16)10-20-8-2-7-19-20/h2-9H,10-11H2,1H3. The molecule has 6 nitrogen and oxygen atoms in total. The zero-order valence-electron chi connectivity index (χ0n) is 12.9. The molecule has 0 aliphatic heterocycles. The Balaban J connectivity index is 1.59. The molecule has 0 atom stereocenters. The van der Waals surface area contributed by atoms with Crippen molar-refractivity contribution in [1.29, 1.82) is 0 Å². The lowest BCUT2D eigenvalue weighted by molar-refractivity contribution is 0.0433. The van der Waals surface area contributed by atoms with E-state index in [-0.39, 0.29) is 18.1 Å². The van der Waals surface area contributed by atoms with Crippen LogP contribution in [0.15, 0.2) is 53.2 Å². The number of ether oxygens (including phenoxy) is 2. The first-order chi connectivity index (χ1) is 11.7. The Labute approximate surface area is 137 Å². The summed E-state index contributed by atoms with van der Waals surface area (Å²) in [5.74, 6) is -0.310. The summed E-state index contributed by atoms with van der Waals surface area (Å²) in [5, 5.41) is 4.06. The molecule has 24 heavy (non-hydrogen) atoms. The van der Waals surface area contributed by atoms with Gasteiger partial charge in [-0.05, 0) is 35.9 Å². The van der Waals surface area contributed by atoms with E-state index in [0.717, 1.165) is 0 Å². The number of furan rings is 1. The van der Waals surface area contributed by atoms with Crippen LogP contribution in [0, 0.1) is 5.82 Å². The van der Waals surface area contributed by atoms with Crippen molar-refractivity contribution >= 4 is 5.97 Å². The molecule has 0 aliphatic carbocycles. The number of hydrogen-bond acceptors (Lipinski definition) is 5. The van der Waals surface area contributed by atoms with Crippen LogP contribution in [0.4, 0.5) is 4.39 Å². The Bertz CT molecular complexity index is 827. The first-order valence-electron chi connectivity index (χ1n) is 7.21. The van der Waals surface area contributed by atoms with Gasteiger partial charge in [-0.3, -0.25) is 4.68 Å². The van der Waals surface area contributed by atoms with Gasteiger partial charge in [0.05, 0.1) is 13.7 Å². The molecular weight excluding hydrogens is 315 g/mol. The number of benzene rings is 1. The molecule has 0 fully saturated rings. The third-order valence-electron chi connectivity index (χ3n) is 3.33. The van der Waals surface area contributed by atoms with Crippen molar-refractivity contribution in [2.45, 2.75) is 13.2 Å². The first kappa shape index (κ1) is 15.8. The summed E-state index contributed by atoms with van der Waals surface area (Å²) in [6.45, 7) is 0.360. The fourth-order valence-electron chi connectivity index (χ4n) is 2.15. The number of methoxy groups -OCH3 is 1. The van der Waals surface area contributed by atoms with Crippen molar-refractivity contribution in [2.75, 3.05) is 7.11 Å². The predicted octanol–water partition coefficient (Wildman–Crippen LogP) is 3.03. The third kappa shape index (κ3) is 3.62. The lowest BCUT2D eigenvalue weighted by Gasteiger charge is -2.06. The van der Waals surface area contributed by atoms with Gasteiger partial charge in [-0.2, -0.15) is 5.10 Å². The van der Waals surface area contributed by atoms with Crippen molar-refractivity contribution < 1.29 is 23.1 Å². The molecule has 0 bridgehead atoms. The van der Waals surface area contributed by atoms with Crippen molar-refractivity contribution in [3.63, 3.8) is 0 Å². The van der Waals surface area contributed by atoms with E-state index in [1.165, 1.54) is 25.3 Å². The van der Waals surface area contributed by atoms with Crippen LogP contribution in [-0.4, -0.2) is 22.9 Å². The summed E-state index contributed by atoms with van der Waals surface area (Å²) in [4.78, 5) is 12.0. The highest BCUT2D eigenvalue weighted by atomic mass is 19.1. The van der Waals surface area contributed by atoms with Crippen molar-refractivity contribution in [3.05, 3.63) is 71.7 Å². The van der Waals surface area contributed by atoms with Gasteiger partial charge in [0, 0.05) is 12.4 Å². The maximum Gasteiger partial charge on any atom is 0.374 e. The van der Waals surface area contributed by atoms with Gasteiger partial charge < -0.3 is 13.9 Å². The van der Waals surface area contributed by atoms with Gasteiger partial charge >= 0.3 is 5.97 Å². The van der Waals surface area contributed by atoms with Gasteiger partial charge in [-0.15, -0.1) is 0 Å². The van der Waals surface area contributed by atoms with Crippen LogP contribution in [0.2, 0.25) is 0 Å². The molecule has 0 saturated heterocycles. The minimum atomic E-state index is -0.613. The monoisotopic (exact) mass is 330 g/mol. The average Bonchev–Trinajstić information content (AvgIpc) is 3.25. The van der Waals surface area contributed by atoms with E-state index in [0.29, 0.717) is 17.9 Å². The van der Waals surface area contributed by atoms with Crippen LogP contribution in [0.1, 0.15) is 21.9 Å². The maximum atomic E-state index is 13.6. The molecule has 0 radical (unpaired) electrons. The lowest BCUT2D eigenvalue weighted by Crippen LogP contribution is -2.04. The molecule has 2 heterocycles. The zero-order chi connectivity index (χ0) is 16.9. The first-order valence-corrected chi connectivity index (χ1v) is 7.21. The van der Waals surface area contributed by atoms with Crippen molar-refractivity contribution in [3.8, 4) is 5.75 Å². The largest absolute Gasteiger partial charge is 0.494 e. The topological polar surface area (TPSA) is 66.5 Å². The number of carbonyl (C=O) groups is 1. The molecule has 124 valence electrons. The van der Waals surface area contributed by atoms with Gasteiger partial charge in [0.2, 0.25) is 5.76 Å². The Morgan fingerprint density at radius 2 is 2.21 bits per heavy atom. The van der Waals surface area contributed by atoms with Crippen LogP contribution < -0.4 is 4.74 Å². The van der Waals surface area contributed by atoms with E-state index in [1.807, 2.05) is 0 Å². The van der Waals surface area contributed by atoms with E-state index < -0.39 is 11.8 Å². The van der Waals surface area contributed by atoms with Gasteiger partial charge in [0.25, 0.3) is 0 Å². The van der Waals surface area contributed by atoms with E-state index in [1.54, 1.807) is 35.3 Å². The number of halogens is 1. The van der Waals surface area contributed by atoms with Gasteiger partial charge in [0.1, 0.15) is 12.4 Å². The molecule has 0 unspecified atom stereocenters. The van der Waals surface area contributed by atoms with Crippen molar-refractivity contribution in [1.82, 2.24) is 9.78 Å². The van der Waals surface area contributed by atoms with E-state index in [2.05, 4.69) is 5.10 Å². The number of hydrogen-bond donors (Lipinski definition) is 0. The molecule has 0 spiro atoms. The van der Waals surface area contributed by atoms with Crippen LogP contribution in [0.3, 0.4) is 0 Å². The SMILES string of the molecule is COc1ccc(COC(=O)c2ccc(Cn3cccn3)o2)cc1F. The summed E-state index contributed by atoms with van der Waals surface area (Å²) >= 11 is 0. The molecule has 0 saturated carbocycles. The second kappa shape index (κ2) is 6.99. The van der Waals surface area contributed by atoms with Crippen LogP contribution in [0.5, 0.6) is 5.75 Å². The molecular formula is C17H15FN2O4. The smallest absolute Gasteiger partial charge is 0.374 e. The van der Waals surface area contributed by atoms with Gasteiger partial charge in [-0.25, -0.2) is 9.18 Å². The number of rotatable bonds is 6. The van der Waals surface area contributed by atoms with Gasteiger partial charge in [0.15, 0.2) is 11.6 Å². The molecule has 3 rings (SSSR count). The third-order valence-corrected chi connectivity index (χ3v) is 3.33. The predicted molar refractivity (Wildman–Crippen MR) is 82.1 cm³/mol. The molecule has 0 N–H and O–H groups in total. The van der Waals surface area contributed by atoms with Crippen LogP contribution >= 0.6 is 0 Å². The number of aromatic nitrogens is 2. The summed E-state index contributed by atoms with van der Waals surface area (Å²) in [7, 11) is 1.38. The second-order valence-electron chi connectivity index (χ2n) is 5.01. The molecule has 0 amide bonds. The van der Waals surface area contributed by atoms with Crippen LogP contribution in [-0.2, 0) is 17.9 Å². The normalized spacial score (nSPS) is 10.6. The number of carbonyl (C=O) groups excluding carboxylic acids is 1. The fraction of sp³-hybridized carbons (Fsp3) is 0.176. The average molecular weight is 330 g/mol. The highest BCUT2D eigenvalue weighted by molar-refractivity contribution is 5.86. The Morgan fingerprint density at radius 3 is 2.92 bits per heavy atom. The molecule has 7 heteroatoms. The van der Waals surface area contributed by atoms with Crippen LogP contribution in [0.25, 0.3) is 0 Å². The zero-order valence-corrected chi connectivity index (χ0v) is 12.9. The highest BCUT2D eigenvalue weighted by Gasteiger charge is 2.14. The molecule has 1 aromatic carbocycles. The van der Waals surface area contributed by atoms with E-state index in [4.69, 9.17) is 13.9 Å². The Morgan fingerprint density at radius 1 is 1.33 bits per heavy atom. The Kier molecular flexibility index (Phi) is 4.60.